The molecular formula is C38H23N3O. The van der Waals surface area contributed by atoms with Gasteiger partial charge in [-0.25, -0.2) is 0 Å². The highest BCUT2D eigenvalue weighted by molar-refractivity contribution is 6.27. The maximum absolute atomic E-state index is 5.93. The van der Waals surface area contributed by atoms with E-state index in [-0.39, 0.29) is 0 Å². The molecule has 0 fully saturated rings. The SMILES string of the molecule is c1ccc(-n2c3ccccc3c3cc4c(-c5cccnc5)c(-c5ccncc5)c5cc6occc6cc5c4cc32)cc1. The van der Waals surface area contributed by atoms with Crippen LogP contribution in [0.2, 0.25) is 0 Å². The number of furan rings is 1. The molecule has 0 bridgehead atoms. The number of hydrogen-bond acceptors (Lipinski definition) is 3. The first-order chi connectivity index (χ1) is 20.8. The van der Waals surface area contributed by atoms with Crippen LogP contribution < -0.4 is 0 Å². The Labute approximate surface area is 241 Å². The van der Waals surface area contributed by atoms with Gasteiger partial charge in [0, 0.05) is 52.2 Å². The first-order valence-electron chi connectivity index (χ1n) is 14.1. The lowest BCUT2D eigenvalue weighted by atomic mass is 9.85. The maximum atomic E-state index is 5.93. The summed E-state index contributed by atoms with van der Waals surface area (Å²) in [5.41, 5.74) is 8.86. The van der Waals surface area contributed by atoms with E-state index in [1.54, 1.807) is 6.26 Å². The van der Waals surface area contributed by atoms with Gasteiger partial charge in [-0.15, -0.1) is 0 Å². The zero-order chi connectivity index (χ0) is 27.6. The molecule has 0 saturated heterocycles. The summed E-state index contributed by atoms with van der Waals surface area (Å²) in [5, 5.41) is 8.23. The van der Waals surface area contributed by atoms with Crippen molar-refractivity contribution < 1.29 is 4.42 Å². The summed E-state index contributed by atoms with van der Waals surface area (Å²) in [5.74, 6) is 0. The molecular weight excluding hydrogens is 514 g/mol. The smallest absolute Gasteiger partial charge is 0.134 e. The van der Waals surface area contributed by atoms with E-state index in [4.69, 9.17) is 4.42 Å². The maximum Gasteiger partial charge on any atom is 0.134 e. The predicted octanol–water partition coefficient (Wildman–Crippen LogP) is 9.96. The summed E-state index contributed by atoms with van der Waals surface area (Å²) >= 11 is 0. The molecule has 0 saturated carbocycles. The molecule has 0 unspecified atom stereocenters. The number of aromatic nitrogens is 3. The van der Waals surface area contributed by atoms with E-state index in [0.29, 0.717) is 0 Å². The summed E-state index contributed by atoms with van der Waals surface area (Å²) in [6.45, 7) is 0. The first kappa shape index (κ1) is 23.0. The highest BCUT2D eigenvalue weighted by Gasteiger charge is 2.22. The number of fused-ring (bicyclic) bond motifs is 7. The van der Waals surface area contributed by atoms with E-state index >= 15 is 0 Å². The second kappa shape index (κ2) is 8.88. The van der Waals surface area contributed by atoms with Crippen LogP contribution in [0, 0.1) is 0 Å². The van der Waals surface area contributed by atoms with Crippen molar-refractivity contribution in [3.05, 3.63) is 140 Å². The Morgan fingerprint density at radius 2 is 1.29 bits per heavy atom. The van der Waals surface area contributed by atoms with Crippen LogP contribution in [0.25, 0.3) is 82.3 Å². The molecule has 0 aliphatic rings. The van der Waals surface area contributed by atoms with Gasteiger partial charge in [-0.05, 0) is 105 Å². The highest BCUT2D eigenvalue weighted by atomic mass is 16.3. The third-order valence-electron chi connectivity index (χ3n) is 8.42. The fourth-order valence-electron chi connectivity index (χ4n) is 6.64. The second-order valence-electron chi connectivity index (χ2n) is 10.7. The molecule has 4 aromatic heterocycles. The lowest BCUT2D eigenvalue weighted by Gasteiger charge is -2.19. The molecule has 9 aromatic rings. The van der Waals surface area contributed by atoms with Crippen molar-refractivity contribution in [2.45, 2.75) is 0 Å². The van der Waals surface area contributed by atoms with E-state index < -0.39 is 0 Å². The molecule has 0 aliphatic heterocycles. The predicted molar refractivity (Wildman–Crippen MR) is 172 cm³/mol. The van der Waals surface area contributed by atoms with Crippen molar-refractivity contribution in [1.82, 2.24) is 14.5 Å². The monoisotopic (exact) mass is 537 g/mol. The molecule has 0 N–H and O–H groups in total. The van der Waals surface area contributed by atoms with Crippen molar-refractivity contribution in [3.63, 3.8) is 0 Å². The van der Waals surface area contributed by atoms with Crippen molar-refractivity contribution >= 4 is 54.3 Å². The Hall–Kier alpha value is -5.74. The van der Waals surface area contributed by atoms with Crippen LogP contribution in [-0.4, -0.2) is 14.5 Å². The van der Waals surface area contributed by atoms with Gasteiger partial charge in [-0.1, -0.05) is 42.5 Å². The lowest BCUT2D eigenvalue weighted by Crippen LogP contribution is -1.95. The number of rotatable bonds is 3. The molecule has 0 aliphatic carbocycles. The van der Waals surface area contributed by atoms with Gasteiger partial charge in [0.25, 0.3) is 0 Å². The minimum absolute atomic E-state index is 0.869. The summed E-state index contributed by atoms with van der Waals surface area (Å²) in [7, 11) is 0. The van der Waals surface area contributed by atoms with Crippen LogP contribution in [-0.2, 0) is 0 Å². The molecule has 196 valence electrons. The Bertz CT molecular complexity index is 2440. The first-order valence-corrected chi connectivity index (χ1v) is 14.1. The van der Waals surface area contributed by atoms with Crippen LogP contribution in [0.5, 0.6) is 0 Å². The lowest BCUT2D eigenvalue weighted by molar-refractivity contribution is 0.616. The quantitative estimate of drug-likeness (QED) is 0.211. The Morgan fingerprint density at radius 3 is 2.14 bits per heavy atom. The van der Waals surface area contributed by atoms with E-state index in [1.807, 2.05) is 36.9 Å². The molecule has 0 atom stereocenters. The Kier molecular flexibility index (Phi) is 4.87. The fraction of sp³-hybridized carbons (Fsp3) is 0. The molecule has 4 heteroatoms. The van der Waals surface area contributed by atoms with Gasteiger partial charge in [0.05, 0.1) is 17.3 Å². The standard InChI is InChI=1S/C38H23N3O/c1-2-8-27(9-3-1)41-34-11-5-4-10-28(34)31-20-32-30(21-35(31)41)29-19-25-14-18-42-36(25)22-33(29)37(24-12-16-39-17-13-24)38(32)26-7-6-15-40-23-26/h1-23H. The van der Waals surface area contributed by atoms with Crippen molar-refractivity contribution in [2.24, 2.45) is 0 Å². The van der Waals surface area contributed by atoms with Gasteiger partial charge >= 0.3 is 0 Å². The van der Waals surface area contributed by atoms with Gasteiger partial charge in [-0.3, -0.25) is 9.97 Å². The topological polar surface area (TPSA) is 43.9 Å². The van der Waals surface area contributed by atoms with Crippen LogP contribution in [0.3, 0.4) is 0 Å². The summed E-state index contributed by atoms with van der Waals surface area (Å²) in [6, 6.07) is 38.9. The van der Waals surface area contributed by atoms with E-state index in [0.717, 1.165) is 44.3 Å². The van der Waals surface area contributed by atoms with Gasteiger partial charge < -0.3 is 8.98 Å². The zero-order valence-corrected chi connectivity index (χ0v) is 22.5. The molecule has 0 amide bonds. The third kappa shape index (κ3) is 3.29. The summed E-state index contributed by atoms with van der Waals surface area (Å²) in [6.07, 6.45) is 9.29. The minimum Gasteiger partial charge on any atom is -0.464 e. The number of para-hydroxylation sites is 2. The van der Waals surface area contributed by atoms with Crippen LogP contribution in [0.4, 0.5) is 0 Å². The molecule has 4 nitrogen and oxygen atoms in total. The van der Waals surface area contributed by atoms with Gasteiger partial charge in [0.1, 0.15) is 5.58 Å². The van der Waals surface area contributed by atoms with Crippen LogP contribution >= 0.6 is 0 Å². The number of nitrogens with zero attached hydrogens (tertiary/aromatic N) is 3. The van der Waals surface area contributed by atoms with E-state index in [9.17, 15) is 0 Å². The van der Waals surface area contributed by atoms with Crippen LogP contribution in [0.15, 0.2) is 145 Å². The van der Waals surface area contributed by atoms with Crippen molar-refractivity contribution in [1.29, 1.82) is 0 Å². The minimum atomic E-state index is 0.869. The summed E-state index contributed by atoms with van der Waals surface area (Å²) < 4.78 is 8.31. The molecule has 4 heterocycles. The van der Waals surface area contributed by atoms with E-state index in [1.165, 1.54) is 38.0 Å². The largest absolute Gasteiger partial charge is 0.464 e. The van der Waals surface area contributed by atoms with Crippen molar-refractivity contribution in [3.8, 4) is 27.9 Å². The Balaban J connectivity index is 1.56. The Morgan fingerprint density at radius 1 is 0.500 bits per heavy atom. The number of benzene rings is 5. The molecule has 9 rings (SSSR count). The van der Waals surface area contributed by atoms with Gasteiger partial charge in [-0.2, -0.15) is 0 Å². The van der Waals surface area contributed by atoms with Gasteiger partial charge in [0.2, 0.25) is 0 Å². The average Bonchev–Trinajstić information content (AvgIpc) is 3.65. The molecule has 5 aromatic carbocycles. The molecule has 0 radical (unpaired) electrons. The molecule has 42 heavy (non-hydrogen) atoms. The normalized spacial score (nSPS) is 11.8. The number of hydrogen-bond donors (Lipinski definition) is 0. The number of pyridine rings is 2. The average molecular weight is 538 g/mol. The summed E-state index contributed by atoms with van der Waals surface area (Å²) in [4.78, 5) is 8.88. The third-order valence-corrected chi connectivity index (χ3v) is 8.42. The van der Waals surface area contributed by atoms with Crippen LogP contribution in [0.1, 0.15) is 0 Å². The van der Waals surface area contributed by atoms with Crippen molar-refractivity contribution in [2.75, 3.05) is 0 Å². The zero-order valence-electron chi connectivity index (χ0n) is 22.5. The fourth-order valence-corrected chi connectivity index (χ4v) is 6.64. The highest BCUT2D eigenvalue weighted by Crippen LogP contribution is 2.47. The second-order valence-corrected chi connectivity index (χ2v) is 10.7. The van der Waals surface area contributed by atoms with E-state index in [2.05, 4.69) is 112 Å². The van der Waals surface area contributed by atoms with Gasteiger partial charge in [0.15, 0.2) is 0 Å². The molecule has 0 spiro atoms.